The second kappa shape index (κ2) is 5.67. The number of carbonyl (C=O) groups is 1. The van der Waals surface area contributed by atoms with Crippen molar-refractivity contribution in [3.05, 3.63) is 11.4 Å². The van der Waals surface area contributed by atoms with Gasteiger partial charge < -0.3 is 15.5 Å². The van der Waals surface area contributed by atoms with Crippen LogP contribution in [-0.2, 0) is 0 Å². The molecular formula is C15H25N5O. The maximum atomic E-state index is 12.5. The summed E-state index contributed by atoms with van der Waals surface area (Å²) >= 11 is 0. The summed E-state index contributed by atoms with van der Waals surface area (Å²) in [5.74, 6) is 1.01. The number of nitrogens with one attached hydrogen (secondary N) is 1. The number of aromatic amines is 1. The Morgan fingerprint density at radius 1 is 1.38 bits per heavy atom. The van der Waals surface area contributed by atoms with Crippen molar-refractivity contribution < 1.29 is 4.79 Å². The van der Waals surface area contributed by atoms with Gasteiger partial charge in [-0.25, -0.2) is 0 Å². The van der Waals surface area contributed by atoms with Gasteiger partial charge >= 0.3 is 0 Å². The summed E-state index contributed by atoms with van der Waals surface area (Å²) in [5.41, 5.74) is 7.99. The summed E-state index contributed by atoms with van der Waals surface area (Å²) in [6.07, 6.45) is 4.59. The van der Waals surface area contributed by atoms with Crippen LogP contribution in [0.5, 0.6) is 0 Å². The van der Waals surface area contributed by atoms with Crippen molar-refractivity contribution in [2.75, 3.05) is 39.5 Å². The number of anilines is 1. The Morgan fingerprint density at radius 2 is 2.05 bits per heavy atom. The summed E-state index contributed by atoms with van der Waals surface area (Å²) < 4.78 is 0. The lowest BCUT2D eigenvalue weighted by Gasteiger charge is -2.31. The first-order valence-electron chi connectivity index (χ1n) is 7.84. The van der Waals surface area contributed by atoms with E-state index < -0.39 is 0 Å². The third-order valence-corrected chi connectivity index (χ3v) is 4.74. The molecule has 0 bridgehead atoms. The SMILES string of the molecule is CN1CCC(CN(C)C(=O)c2n[nH]c(C3CC3)c2N)CC1. The molecule has 0 aromatic carbocycles. The van der Waals surface area contributed by atoms with Crippen molar-refractivity contribution in [3.8, 4) is 0 Å². The number of rotatable bonds is 4. The number of carbonyl (C=O) groups excluding carboxylic acids is 1. The topological polar surface area (TPSA) is 78.2 Å². The highest BCUT2D eigenvalue weighted by Crippen LogP contribution is 2.42. The molecule has 2 heterocycles. The van der Waals surface area contributed by atoms with Crippen molar-refractivity contribution in [3.63, 3.8) is 0 Å². The Hall–Kier alpha value is -1.56. The Balaban J connectivity index is 1.61. The fourth-order valence-electron chi connectivity index (χ4n) is 3.11. The van der Waals surface area contributed by atoms with Gasteiger partial charge in [0.2, 0.25) is 0 Å². The summed E-state index contributed by atoms with van der Waals surface area (Å²) in [7, 11) is 4.00. The van der Waals surface area contributed by atoms with Gasteiger partial charge in [-0.05, 0) is 51.7 Å². The van der Waals surface area contributed by atoms with Crippen molar-refractivity contribution >= 4 is 11.6 Å². The third kappa shape index (κ3) is 3.05. The quantitative estimate of drug-likeness (QED) is 0.876. The van der Waals surface area contributed by atoms with E-state index in [1.165, 1.54) is 0 Å². The van der Waals surface area contributed by atoms with E-state index in [9.17, 15) is 4.79 Å². The molecule has 6 heteroatoms. The molecule has 3 rings (SSSR count). The van der Waals surface area contributed by atoms with Crippen LogP contribution in [0.1, 0.15) is 47.8 Å². The third-order valence-electron chi connectivity index (χ3n) is 4.74. The van der Waals surface area contributed by atoms with E-state index in [0.29, 0.717) is 23.2 Å². The van der Waals surface area contributed by atoms with Gasteiger partial charge in [0.05, 0.1) is 11.4 Å². The minimum absolute atomic E-state index is 0.0606. The highest BCUT2D eigenvalue weighted by molar-refractivity contribution is 5.97. The van der Waals surface area contributed by atoms with Gasteiger partial charge in [0.1, 0.15) is 0 Å². The van der Waals surface area contributed by atoms with Gasteiger partial charge in [0.25, 0.3) is 5.91 Å². The zero-order valence-electron chi connectivity index (χ0n) is 12.9. The smallest absolute Gasteiger partial charge is 0.276 e. The van der Waals surface area contributed by atoms with Gasteiger partial charge in [-0.1, -0.05) is 0 Å². The van der Waals surface area contributed by atoms with E-state index in [1.807, 2.05) is 7.05 Å². The Kier molecular flexibility index (Phi) is 3.89. The number of nitrogens with two attached hydrogens (primary N) is 1. The molecule has 116 valence electrons. The zero-order chi connectivity index (χ0) is 15.0. The number of likely N-dealkylation sites (tertiary alicyclic amines) is 1. The predicted octanol–water partition coefficient (Wildman–Crippen LogP) is 1.28. The lowest BCUT2D eigenvalue weighted by atomic mass is 9.96. The average molecular weight is 291 g/mol. The molecule has 1 saturated carbocycles. The van der Waals surface area contributed by atoms with E-state index in [1.54, 1.807) is 4.90 Å². The summed E-state index contributed by atoms with van der Waals surface area (Å²) in [4.78, 5) is 16.6. The van der Waals surface area contributed by atoms with Gasteiger partial charge in [0.15, 0.2) is 5.69 Å². The highest BCUT2D eigenvalue weighted by atomic mass is 16.2. The molecule has 1 aliphatic carbocycles. The molecule has 1 aromatic heterocycles. The maximum Gasteiger partial charge on any atom is 0.276 e. The van der Waals surface area contributed by atoms with E-state index in [0.717, 1.165) is 51.0 Å². The summed E-state index contributed by atoms with van der Waals surface area (Å²) in [6, 6.07) is 0. The minimum atomic E-state index is -0.0606. The Morgan fingerprint density at radius 3 is 2.67 bits per heavy atom. The van der Waals surface area contributed by atoms with Crippen LogP contribution in [0.4, 0.5) is 5.69 Å². The fraction of sp³-hybridized carbons (Fsp3) is 0.733. The van der Waals surface area contributed by atoms with Crippen molar-refractivity contribution in [1.82, 2.24) is 20.0 Å². The lowest BCUT2D eigenvalue weighted by molar-refractivity contribution is 0.0742. The standard InChI is InChI=1S/C15H25N5O/c1-19-7-5-10(6-8-19)9-20(2)15(21)14-12(16)13(17-18-14)11-3-4-11/h10-11H,3-9,16H2,1-2H3,(H,17,18). The molecular weight excluding hydrogens is 266 g/mol. The largest absolute Gasteiger partial charge is 0.395 e. The first kappa shape index (κ1) is 14.4. The van der Waals surface area contributed by atoms with E-state index >= 15 is 0 Å². The van der Waals surface area contributed by atoms with Gasteiger partial charge in [-0.2, -0.15) is 5.10 Å². The van der Waals surface area contributed by atoms with Crippen LogP contribution >= 0.6 is 0 Å². The van der Waals surface area contributed by atoms with Crippen LogP contribution < -0.4 is 5.73 Å². The Bertz CT molecular complexity index is 514. The van der Waals surface area contributed by atoms with Crippen LogP contribution in [0, 0.1) is 5.92 Å². The van der Waals surface area contributed by atoms with Crippen molar-refractivity contribution in [1.29, 1.82) is 0 Å². The molecule has 2 fully saturated rings. The van der Waals surface area contributed by atoms with E-state index in [-0.39, 0.29) is 5.91 Å². The molecule has 1 saturated heterocycles. The molecule has 2 aliphatic rings. The molecule has 1 aromatic rings. The van der Waals surface area contributed by atoms with Crippen LogP contribution in [0.2, 0.25) is 0 Å². The number of piperidine rings is 1. The molecule has 0 spiro atoms. The highest BCUT2D eigenvalue weighted by Gasteiger charge is 2.31. The van der Waals surface area contributed by atoms with Crippen LogP contribution in [-0.4, -0.2) is 59.6 Å². The molecule has 1 aliphatic heterocycles. The fourth-order valence-corrected chi connectivity index (χ4v) is 3.11. The van der Waals surface area contributed by atoms with Gasteiger partial charge in [-0.15, -0.1) is 0 Å². The molecule has 0 unspecified atom stereocenters. The molecule has 3 N–H and O–H groups in total. The summed E-state index contributed by atoms with van der Waals surface area (Å²) in [5, 5.41) is 7.11. The predicted molar refractivity (Wildman–Crippen MR) is 82.2 cm³/mol. The minimum Gasteiger partial charge on any atom is -0.395 e. The van der Waals surface area contributed by atoms with Gasteiger partial charge in [0, 0.05) is 19.5 Å². The van der Waals surface area contributed by atoms with E-state index in [2.05, 4.69) is 22.1 Å². The normalized spacial score (nSPS) is 20.7. The molecule has 1 amide bonds. The lowest BCUT2D eigenvalue weighted by Crippen LogP contribution is -2.38. The monoisotopic (exact) mass is 291 g/mol. The number of H-pyrrole nitrogens is 1. The number of nitrogen functional groups attached to an aromatic ring is 1. The number of nitrogens with zero attached hydrogens (tertiary/aromatic N) is 3. The molecule has 6 nitrogen and oxygen atoms in total. The maximum absolute atomic E-state index is 12.5. The number of hydrogen-bond acceptors (Lipinski definition) is 4. The molecule has 0 radical (unpaired) electrons. The molecule has 0 atom stereocenters. The first-order chi connectivity index (χ1) is 10.1. The average Bonchev–Trinajstić information content (AvgIpc) is 3.24. The van der Waals surface area contributed by atoms with Crippen LogP contribution in [0.15, 0.2) is 0 Å². The van der Waals surface area contributed by atoms with Gasteiger partial charge in [-0.3, -0.25) is 9.89 Å². The van der Waals surface area contributed by atoms with Crippen molar-refractivity contribution in [2.24, 2.45) is 5.92 Å². The summed E-state index contributed by atoms with van der Waals surface area (Å²) in [6.45, 7) is 3.02. The van der Waals surface area contributed by atoms with Crippen LogP contribution in [0.25, 0.3) is 0 Å². The second-order valence-corrected chi connectivity index (χ2v) is 6.61. The number of amides is 1. The van der Waals surface area contributed by atoms with Crippen LogP contribution in [0.3, 0.4) is 0 Å². The van der Waals surface area contributed by atoms with E-state index in [4.69, 9.17) is 5.73 Å². The first-order valence-corrected chi connectivity index (χ1v) is 7.84. The number of aromatic nitrogens is 2. The second-order valence-electron chi connectivity index (χ2n) is 6.61. The zero-order valence-corrected chi connectivity index (χ0v) is 12.9. The van der Waals surface area contributed by atoms with Crippen molar-refractivity contribution in [2.45, 2.75) is 31.6 Å². The Labute approximate surface area is 125 Å². The number of hydrogen-bond donors (Lipinski definition) is 2. The molecule has 21 heavy (non-hydrogen) atoms.